The largest absolute Gasteiger partial charge is 0.481 e. The summed E-state index contributed by atoms with van der Waals surface area (Å²) < 4.78 is 5.37. The molecule has 0 saturated carbocycles. The first kappa shape index (κ1) is 13.3. The van der Waals surface area contributed by atoms with E-state index in [1.54, 1.807) is 0 Å². The van der Waals surface area contributed by atoms with Crippen LogP contribution in [0.3, 0.4) is 0 Å². The molecule has 0 radical (unpaired) electrons. The van der Waals surface area contributed by atoms with Crippen LogP contribution >= 0.6 is 0 Å². The van der Waals surface area contributed by atoms with Gasteiger partial charge in [0.05, 0.1) is 6.61 Å². The van der Waals surface area contributed by atoms with Gasteiger partial charge < -0.3 is 9.84 Å². The highest BCUT2D eigenvalue weighted by molar-refractivity contribution is 5.75. The lowest BCUT2D eigenvalue weighted by Gasteiger charge is -2.44. The van der Waals surface area contributed by atoms with Gasteiger partial charge >= 0.3 is 5.97 Å². The molecule has 0 bridgehead atoms. The Morgan fingerprint density at radius 3 is 3.00 bits per heavy atom. The molecule has 0 aromatic carbocycles. The molecule has 3 atom stereocenters. The fourth-order valence-electron chi connectivity index (χ4n) is 3.83. The molecule has 0 aromatic rings. The summed E-state index contributed by atoms with van der Waals surface area (Å²) >= 11 is 0. The molecular weight excluding hydrogens is 244 g/mol. The van der Waals surface area contributed by atoms with Crippen LogP contribution in [-0.2, 0) is 9.53 Å². The van der Waals surface area contributed by atoms with E-state index in [0.29, 0.717) is 38.3 Å². The van der Waals surface area contributed by atoms with Crippen molar-refractivity contribution in [3.8, 4) is 0 Å². The predicted octanol–water partition coefficient (Wildman–Crippen LogP) is 0.646. The molecule has 19 heavy (non-hydrogen) atoms. The van der Waals surface area contributed by atoms with Crippen molar-refractivity contribution in [1.82, 2.24) is 9.80 Å². The second kappa shape index (κ2) is 5.04. The van der Waals surface area contributed by atoms with Gasteiger partial charge in [-0.05, 0) is 32.7 Å². The number of carbonyl (C=O) groups is 1. The molecule has 0 spiro atoms. The van der Waals surface area contributed by atoms with Gasteiger partial charge in [0, 0.05) is 38.3 Å². The lowest BCUT2D eigenvalue weighted by Crippen LogP contribution is -2.58. The fourth-order valence-corrected chi connectivity index (χ4v) is 3.83. The highest BCUT2D eigenvalue weighted by Crippen LogP contribution is 2.33. The van der Waals surface area contributed by atoms with Crippen LogP contribution in [0.2, 0.25) is 0 Å². The Bertz CT molecular complexity index is 355. The van der Waals surface area contributed by atoms with E-state index >= 15 is 0 Å². The molecule has 3 rings (SSSR count). The van der Waals surface area contributed by atoms with Crippen LogP contribution in [0.5, 0.6) is 0 Å². The molecule has 5 heteroatoms. The Hall–Kier alpha value is -0.650. The van der Waals surface area contributed by atoms with Crippen molar-refractivity contribution in [1.29, 1.82) is 0 Å². The number of hydrogen-bond donors (Lipinski definition) is 1. The van der Waals surface area contributed by atoms with Crippen LogP contribution in [0.25, 0.3) is 0 Å². The minimum Gasteiger partial charge on any atom is -0.481 e. The zero-order chi connectivity index (χ0) is 13.5. The van der Waals surface area contributed by atoms with Crippen LogP contribution in [0, 0.1) is 5.41 Å². The van der Waals surface area contributed by atoms with Crippen molar-refractivity contribution in [2.24, 2.45) is 5.41 Å². The van der Waals surface area contributed by atoms with E-state index in [-0.39, 0.29) is 0 Å². The van der Waals surface area contributed by atoms with Gasteiger partial charge in [-0.3, -0.25) is 14.6 Å². The molecular formula is C14H24N2O3. The minimum absolute atomic E-state index is 0.375. The van der Waals surface area contributed by atoms with Gasteiger partial charge in [-0.2, -0.15) is 0 Å². The molecule has 3 fully saturated rings. The van der Waals surface area contributed by atoms with Gasteiger partial charge in [0.25, 0.3) is 0 Å². The summed E-state index contributed by atoms with van der Waals surface area (Å²) in [5.41, 5.74) is -0.672. The molecule has 108 valence electrons. The molecule has 1 N–H and O–H groups in total. The van der Waals surface area contributed by atoms with Crippen molar-refractivity contribution < 1.29 is 14.6 Å². The van der Waals surface area contributed by atoms with Gasteiger partial charge in [-0.15, -0.1) is 0 Å². The van der Waals surface area contributed by atoms with E-state index in [0.717, 1.165) is 13.1 Å². The van der Waals surface area contributed by atoms with Crippen LogP contribution in [0.15, 0.2) is 0 Å². The van der Waals surface area contributed by atoms with Gasteiger partial charge in [0.2, 0.25) is 0 Å². The van der Waals surface area contributed by atoms with Gasteiger partial charge in [0.15, 0.2) is 0 Å². The normalized spacial score (nSPS) is 40.5. The van der Waals surface area contributed by atoms with E-state index in [2.05, 4.69) is 16.7 Å². The first-order valence-electron chi connectivity index (χ1n) is 7.40. The number of aliphatic carboxylic acids is 1. The molecule has 0 aromatic heterocycles. The Kier molecular flexibility index (Phi) is 3.53. The van der Waals surface area contributed by atoms with E-state index in [1.807, 2.05) is 0 Å². The lowest BCUT2D eigenvalue weighted by atomic mass is 9.86. The zero-order valence-corrected chi connectivity index (χ0v) is 11.7. The maximum absolute atomic E-state index is 11.6. The highest BCUT2D eigenvalue weighted by Gasteiger charge is 2.46. The number of hydrogen-bond acceptors (Lipinski definition) is 4. The topological polar surface area (TPSA) is 53.0 Å². The average molecular weight is 268 g/mol. The molecule has 3 saturated heterocycles. The third kappa shape index (κ3) is 2.39. The van der Waals surface area contributed by atoms with Crippen LogP contribution in [0.1, 0.15) is 26.2 Å². The Morgan fingerprint density at radius 1 is 1.47 bits per heavy atom. The number of rotatable bonds is 3. The van der Waals surface area contributed by atoms with Crippen LogP contribution in [0.4, 0.5) is 0 Å². The minimum atomic E-state index is -0.689. The van der Waals surface area contributed by atoms with Gasteiger partial charge in [0.1, 0.15) is 5.41 Å². The maximum Gasteiger partial charge on any atom is 0.313 e. The van der Waals surface area contributed by atoms with Gasteiger partial charge in [-0.25, -0.2) is 0 Å². The highest BCUT2D eigenvalue weighted by atomic mass is 16.5. The summed E-state index contributed by atoms with van der Waals surface area (Å²) in [4.78, 5) is 16.6. The van der Waals surface area contributed by atoms with E-state index in [4.69, 9.17) is 4.74 Å². The smallest absolute Gasteiger partial charge is 0.313 e. The fraction of sp³-hybridized carbons (Fsp3) is 0.929. The molecule has 3 heterocycles. The van der Waals surface area contributed by atoms with Gasteiger partial charge in [-0.1, -0.05) is 0 Å². The van der Waals surface area contributed by atoms with Crippen molar-refractivity contribution in [3.63, 3.8) is 0 Å². The summed E-state index contributed by atoms with van der Waals surface area (Å²) in [5, 5.41) is 9.55. The lowest BCUT2D eigenvalue weighted by molar-refractivity contribution is -0.151. The molecule has 3 unspecified atom stereocenters. The Morgan fingerprint density at radius 2 is 2.32 bits per heavy atom. The van der Waals surface area contributed by atoms with Crippen molar-refractivity contribution >= 4 is 5.97 Å². The first-order chi connectivity index (χ1) is 9.11. The average Bonchev–Trinajstić information content (AvgIpc) is 2.99. The number of carboxylic acid groups (broad SMARTS) is 1. The third-order valence-electron chi connectivity index (χ3n) is 5.13. The molecule has 0 amide bonds. The van der Waals surface area contributed by atoms with Crippen molar-refractivity contribution in [2.75, 3.05) is 39.4 Å². The Labute approximate surface area is 114 Å². The zero-order valence-electron chi connectivity index (χ0n) is 11.7. The maximum atomic E-state index is 11.6. The second-order valence-corrected chi connectivity index (χ2v) is 6.46. The second-order valence-electron chi connectivity index (χ2n) is 6.46. The SMILES string of the molecule is CC1CN2CCCC2CN1CC1(C(=O)O)CCOC1. The molecule has 3 aliphatic rings. The standard InChI is InChI=1S/C14H24N2O3/c1-11-7-15-5-2-3-12(15)8-16(11)9-14(13(17)18)4-6-19-10-14/h11-12H,2-10H2,1H3,(H,17,18). The number of ether oxygens (including phenoxy) is 1. The summed E-state index contributed by atoms with van der Waals surface area (Å²) in [6.07, 6.45) is 3.21. The summed E-state index contributed by atoms with van der Waals surface area (Å²) in [5.74, 6) is -0.689. The third-order valence-corrected chi connectivity index (χ3v) is 5.13. The van der Waals surface area contributed by atoms with E-state index < -0.39 is 11.4 Å². The number of piperazine rings is 1. The first-order valence-corrected chi connectivity index (χ1v) is 7.40. The summed E-state index contributed by atoms with van der Waals surface area (Å²) in [6, 6.07) is 1.09. The monoisotopic (exact) mass is 268 g/mol. The molecule has 3 aliphatic heterocycles. The van der Waals surface area contributed by atoms with E-state index in [9.17, 15) is 9.90 Å². The van der Waals surface area contributed by atoms with Crippen LogP contribution in [-0.4, -0.2) is 72.4 Å². The quantitative estimate of drug-likeness (QED) is 0.814. The van der Waals surface area contributed by atoms with Crippen molar-refractivity contribution in [3.05, 3.63) is 0 Å². The predicted molar refractivity (Wildman–Crippen MR) is 71.1 cm³/mol. The molecule has 5 nitrogen and oxygen atoms in total. The van der Waals surface area contributed by atoms with E-state index in [1.165, 1.54) is 19.4 Å². The number of carboxylic acids is 1. The van der Waals surface area contributed by atoms with Crippen molar-refractivity contribution in [2.45, 2.75) is 38.3 Å². The number of nitrogens with zero attached hydrogens (tertiary/aromatic N) is 2. The number of fused-ring (bicyclic) bond motifs is 1. The molecule has 0 aliphatic carbocycles. The summed E-state index contributed by atoms with van der Waals surface area (Å²) in [6.45, 7) is 7.16. The Balaban J connectivity index is 1.69. The summed E-state index contributed by atoms with van der Waals surface area (Å²) in [7, 11) is 0. The van der Waals surface area contributed by atoms with Crippen LogP contribution < -0.4 is 0 Å².